The fourth-order valence-corrected chi connectivity index (χ4v) is 4.95. The van der Waals surface area contributed by atoms with Crippen molar-refractivity contribution in [3.05, 3.63) is 0 Å². The summed E-state index contributed by atoms with van der Waals surface area (Å²) in [6, 6.07) is 4.70. The summed E-state index contributed by atoms with van der Waals surface area (Å²) < 4.78 is 0. The zero-order chi connectivity index (χ0) is 11.7. The van der Waals surface area contributed by atoms with Gasteiger partial charge in [-0.2, -0.15) is 0 Å². The Balaban J connectivity index is 3.88. The molecule has 0 aliphatic heterocycles. The SMILES string of the molecule is CCCNC(C)CN[Si](CC)(CC)CC. The van der Waals surface area contributed by atoms with Crippen LogP contribution >= 0.6 is 0 Å². The third kappa shape index (κ3) is 5.69. The van der Waals surface area contributed by atoms with Gasteiger partial charge in [0.25, 0.3) is 0 Å². The second-order valence-electron chi connectivity index (χ2n) is 4.58. The van der Waals surface area contributed by atoms with Gasteiger partial charge in [-0.15, -0.1) is 0 Å². The van der Waals surface area contributed by atoms with E-state index in [4.69, 9.17) is 0 Å². The number of hydrogen-bond acceptors (Lipinski definition) is 2. The molecule has 2 N–H and O–H groups in total. The van der Waals surface area contributed by atoms with Crippen LogP contribution in [0.15, 0.2) is 0 Å². The first-order chi connectivity index (χ1) is 7.14. The van der Waals surface area contributed by atoms with Gasteiger partial charge in [0, 0.05) is 12.6 Å². The van der Waals surface area contributed by atoms with E-state index < -0.39 is 8.24 Å². The third-order valence-electron chi connectivity index (χ3n) is 3.56. The summed E-state index contributed by atoms with van der Waals surface area (Å²) >= 11 is 0. The summed E-state index contributed by atoms with van der Waals surface area (Å²) in [5.41, 5.74) is 0. The molecule has 1 atom stereocenters. The van der Waals surface area contributed by atoms with Crippen LogP contribution in [0.2, 0.25) is 18.1 Å². The summed E-state index contributed by atoms with van der Waals surface area (Å²) in [6.07, 6.45) is 1.22. The van der Waals surface area contributed by atoms with Gasteiger partial charge in [0.1, 0.15) is 8.24 Å². The van der Waals surface area contributed by atoms with E-state index in [0.717, 1.165) is 13.1 Å². The minimum atomic E-state index is -1.11. The molecular formula is C12H30N2Si. The van der Waals surface area contributed by atoms with Gasteiger partial charge in [0.05, 0.1) is 0 Å². The molecule has 2 nitrogen and oxygen atoms in total. The fourth-order valence-electron chi connectivity index (χ4n) is 1.96. The van der Waals surface area contributed by atoms with Crippen molar-refractivity contribution in [3.63, 3.8) is 0 Å². The van der Waals surface area contributed by atoms with Crippen LogP contribution in [0.4, 0.5) is 0 Å². The fraction of sp³-hybridized carbons (Fsp3) is 1.00. The first-order valence-electron chi connectivity index (χ1n) is 6.62. The van der Waals surface area contributed by atoms with Crippen LogP contribution in [-0.4, -0.2) is 27.4 Å². The minimum absolute atomic E-state index is 0.612. The topological polar surface area (TPSA) is 24.1 Å². The minimum Gasteiger partial charge on any atom is -0.336 e. The van der Waals surface area contributed by atoms with Gasteiger partial charge in [0.2, 0.25) is 0 Å². The Morgan fingerprint density at radius 3 is 1.93 bits per heavy atom. The quantitative estimate of drug-likeness (QED) is 0.595. The summed E-state index contributed by atoms with van der Waals surface area (Å²) in [5, 5.41) is 3.54. The second kappa shape index (κ2) is 8.31. The Morgan fingerprint density at radius 2 is 1.53 bits per heavy atom. The number of hydrogen-bond donors (Lipinski definition) is 2. The molecule has 0 aliphatic carbocycles. The molecule has 0 radical (unpaired) electrons. The van der Waals surface area contributed by atoms with Crippen LogP contribution in [0, 0.1) is 0 Å². The monoisotopic (exact) mass is 230 g/mol. The van der Waals surface area contributed by atoms with E-state index >= 15 is 0 Å². The largest absolute Gasteiger partial charge is 0.336 e. The summed E-state index contributed by atoms with van der Waals surface area (Å²) in [4.78, 5) is 3.87. The first kappa shape index (κ1) is 15.1. The van der Waals surface area contributed by atoms with Crippen LogP contribution in [-0.2, 0) is 0 Å². The van der Waals surface area contributed by atoms with E-state index in [-0.39, 0.29) is 0 Å². The van der Waals surface area contributed by atoms with Gasteiger partial charge >= 0.3 is 0 Å². The van der Waals surface area contributed by atoms with Crippen molar-refractivity contribution in [2.75, 3.05) is 13.1 Å². The van der Waals surface area contributed by atoms with Crippen molar-refractivity contribution in [1.29, 1.82) is 0 Å². The lowest BCUT2D eigenvalue weighted by atomic mass is 10.3. The van der Waals surface area contributed by atoms with Gasteiger partial charge in [-0.05, 0) is 38.0 Å². The highest BCUT2D eigenvalue weighted by atomic mass is 28.3. The van der Waals surface area contributed by atoms with E-state index in [0.29, 0.717) is 6.04 Å². The summed E-state index contributed by atoms with van der Waals surface area (Å²) in [5.74, 6) is 0. The van der Waals surface area contributed by atoms with E-state index in [1.807, 2.05) is 0 Å². The molecule has 0 spiro atoms. The molecule has 0 heterocycles. The lowest BCUT2D eigenvalue weighted by Crippen LogP contribution is -2.53. The molecule has 1 unspecified atom stereocenters. The molecule has 0 saturated heterocycles. The predicted molar refractivity (Wildman–Crippen MR) is 73.0 cm³/mol. The van der Waals surface area contributed by atoms with Crippen molar-refractivity contribution in [1.82, 2.24) is 10.3 Å². The highest BCUT2D eigenvalue weighted by Gasteiger charge is 2.26. The Kier molecular flexibility index (Phi) is 8.38. The van der Waals surface area contributed by atoms with Gasteiger partial charge < -0.3 is 10.3 Å². The van der Waals surface area contributed by atoms with Crippen LogP contribution < -0.4 is 10.3 Å². The Morgan fingerprint density at radius 1 is 1.00 bits per heavy atom. The average Bonchev–Trinajstić information content (AvgIpc) is 2.29. The van der Waals surface area contributed by atoms with Crippen LogP contribution in [0.25, 0.3) is 0 Å². The molecule has 0 aromatic rings. The maximum atomic E-state index is 3.87. The molecule has 15 heavy (non-hydrogen) atoms. The van der Waals surface area contributed by atoms with Crippen LogP contribution in [0.1, 0.15) is 41.0 Å². The highest BCUT2D eigenvalue weighted by Crippen LogP contribution is 2.16. The molecular weight excluding hydrogens is 200 g/mol. The predicted octanol–water partition coefficient (Wildman–Crippen LogP) is 2.97. The molecule has 0 fully saturated rings. The third-order valence-corrected chi connectivity index (χ3v) is 8.57. The van der Waals surface area contributed by atoms with E-state index in [9.17, 15) is 0 Å². The standard InChI is InChI=1S/C12H30N2Si/c1-6-10-13-12(5)11-14-15(7-2,8-3)9-4/h12-14H,6-11H2,1-5H3. The van der Waals surface area contributed by atoms with Crippen molar-refractivity contribution >= 4 is 8.24 Å². The van der Waals surface area contributed by atoms with E-state index in [1.54, 1.807) is 0 Å². The van der Waals surface area contributed by atoms with Crippen LogP contribution in [0.3, 0.4) is 0 Å². The van der Waals surface area contributed by atoms with Crippen LogP contribution in [0.5, 0.6) is 0 Å². The number of nitrogens with one attached hydrogen (secondary N) is 2. The summed E-state index contributed by atoms with van der Waals surface area (Å²) in [6.45, 7) is 13.8. The van der Waals surface area contributed by atoms with Crippen molar-refractivity contribution in [3.8, 4) is 0 Å². The Bertz CT molecular complexity index is 138. The smallest absolute Gasteiger partial charge is 0.124 e. The van der Waals surface area contributed by atoms with Gasteiger partial charge in [-0.25, -0.2) is 0 Å². The molecule has 0 rings (SSSR count). The molecule has 0 amide bonds. The second-order valence-corrected chi connectivity index (χ2v) is 9.61. The number of rotatable bonds is 9. The molecule has 0 aromatic heterocycles. The van der Waals surface area contributed by atoms with Crippen molar-refractivity contribution in [2.45, 2.75) is 65.2 Å². The zero-order valence-electron chi connectivity index (χ0n) is 11.3. The molecule has 3 heteroatoms. The zero-order valence-corrected chi connectivity index (χ0v) is 12.3. The van der Waals surface area contributed by atoms with Crippen molar-refractivity contribution < 1.29 is 0 Å². The molecule has 0 aromatic carbocycles. The maximum absolute atomic E-state index is 3.87. The highest BCUT2D eigenvalue weighted by molar-refractivity contribution is 6.77. The van der Waals surface area contributed by atoms with Gasteiger partial charge in [0.15, 0.2) is 0 Å². The van der Waals surface area contributed by atoms with Gasteiger partial charge in [-0.3, -0.25) is 0 Å². The maximum Gasteiger partial charge on any atom is 0.124 e. The Labute approximate surface area is 97.3 Å². The lowest BCUT2D eigenvalue weighted by Gasteiger charge is -2.31. The van der Waals surface area contributed by atoms with E-state index in [2.05, 4.69) is 44.9 Å². The normalized spacial score (nSPS) is 14.2. The molecule has 0 bridgehead atoms. The molecule has 0 saturated carbocycles. The van der Waals surface area contributed by atoms with Crippen molar-refractivity contribution in [2.24, 2.45) is 0 Å². The molecule has 92 valence electrons. The molecule has 0 aliphatic rings. The summed E-state index contributed by atoms with van der Waals surface area (Å²) in [7, 11) is -1.11. The first-order valence-corrected chi connectivity index (χ1v) is 9.24. The van der Waals surface area contributed by atoms with Gasteiger partial charge in [-0.1, -0.05) is 27.7 Å². The van der Waals surface area contributed by atoms with E-state index in [1.165, 1.54) is 24.6 Å². The average molecular weight is 230 g/mol. The Hall–Kier alpha value is 0.137. The lowest BCUT2D eigenvalue weighted by molar-refractivity contribution is 0.535.